The fraction of sp³-hybridized carbons (Fsp3) is 0.318. The summed E-state index contributed by atoms with van der Waals surface area (Å²) in [5.74, 6) is -0.648. The summed E-state index contributed by atoms with van der Waals surface area (Å²) in [6.45, 7) is 2.51. The van der Waals surface area contributed by atoms with E-state index in [-0.39, 0.29) is 45.9 Å². The average molecular weight is 448 g/mol. The number of nitrogens with zero attached hydrogens (tertiary/aromatic N) is 1. The van der Waals surface area contributed by atoms with Gasteiger partial charge in [0.05, 0.1) is 46.5 Å². The third-order valence-corrected chi connectivity index (χ3v) is 5.65. The van der Waals surface area contributed by atoms with Gasteiger partial charge >= 0.3 is 5.97 Å². The van der Waals surface area contributed by atoms with E-state index in [0.29, 0.717) is 23.8 Å². The Labute approximate surface area is 183 Å². The number of hydrogen-bond donors (Lipinski definition) is 0. The van der Waals surface area contributed by atoms with Crippen molar-refractivity contribution < 1.29 is 23.9 Å². The van der Waals surface area contributed by atoms with Crippen LogP contribution in [0, 0.1) is 5.92 Å². The molecule has 0 bridgehead atoms. The van der Waals surface area contributed by atoms with Crippen LogP contribution in [0.4, 0.5) is 5.69 Å². The zero-order valence-electron chi connectivity index (χ0n) is 16.2. The second-order valence-electron chi connectivity index (χ2n) is 7.26. The molecule has 6 nitrogen and oxygen atoms in total. The number of anilines is 1. The summed E-state index contributed by atoms with van der Waals surface area (Å²) >= 11 is 12.6. The number of benzene rings is 2. The lowest BCUT2D eigenvalue weighted by atomic mass is 10.1. The molecule has 0 N–H and O–H groups in total. The molecule has 0 saturated heterocycles. The largest absolute Gasteiger partial charge is 0.492 e. The van der Waals surface area contributed by atoms with Crippen LogP contribution in [0.3, 0.4) is 0 Å². The molecule has 0 aromatic heterocycles. The van der Waals surface area contributed by atoms with Crippen molar-refractivity contribution in [1.82, 2.24) is 0 Å². The highest BCUT2D eigenvalue weighted by molar-refractivity contribution is 6.44. The van der Waals surface area contributed by atoms with Crippen molar-refractivity contribution in [1.29, 1.82) is 0 Å². The highest BCUT2D eigenvalue weighted by Crippen LogP contribution is 2.41. The summed E-state index contributed by atoms with van der Waals surface area (Å²) in [6.07, 6.45) is 2.24. The van der Waals surface area contributed by atoms with Gasteiger partial charge in [-0.1, -0.05) is 29.3 Å². The van der Waals surface area contributed by atoms with Gasteiger partial charge in [0.2, 0.25) is 0 Å². The molecular weight excluding hydrogens is 429 g/mol. The zero-order chi connectivity index (χ0) is 21.4. The first-order valence-electron chi connectivity index (χ1n) is 9.68. The van der Waals surface area contributed by atoms with Crippen LogP contribution < -0.4 is 9.64 Å². The summed E-state index contributed by atoms with van der Waals surface area (Å²) in [7, 11) is 0. The van der Waals surface area contributed by atoms with Crippen molar-refractivity contribution in [2.24, 2.45) is 5.92 Å². The van der Waals surface area contributed by atoms with Gasteiger partial charge in [-0.2, -0.15) is 0 Å². The molecule has 1 fully saturated rings. The first-order valence-corrected chi connectivity index (χ1v) is 10.4. The first-order chi connectivity index (χ1) is 14.4. The number of carbonyl (C=O) groups is 3. The van der Waals surface area contributed by atoms with Gasteiger partial charge in [-0.25, -0.2) is 4.90 Å². The van der Waals surface area contributed by atoms with E-state index in [9.17, 15) is 14.4 Å². The number of imide groups is 1. The van der Waals surface area contributed by atoms with E-state index in [1.165, 1.54) is 6.07 Å². The summed E-state index contributed by atoms with van der Waals surface area (Å²) in [5, 5.41) is 0.350. The number of carbonyl (C=O) groups excluding carboxylic acids is 3. The highest BCUT2D eigenvalue weighted by Gasteiger charge is 2.42. The fourth-order valence-corrected chi connectivity index (χ4v) is 3.87. The van der Waals surface area contributed by atoms with Crippen LogP contribution in [-0.4, -0.2) is 31.0 Å². The third kappa shape index (κ3) is 3.89. The number of halogens is 2. The summed E-state index contributed by atoms with van der Waals surface area (Å²) in [6, 6.07) is 7.89. The van der Waals surface area contributed by atoms with Crippen molar-refractivity contribution >= 4 is 46.7 Å². The Hall–Kier alpha value is -2.57. The Morgan fingerprint density at radius 1 is 1.07 bits per heavy atom. The minimum Gasteiger partial charge on any atom is -0.492 e. The number of esters is 1. The Balaban J connectivity index is 1.64. The molecule has 0 spiro atoms. The summed E-state index contributed by atoms with van der Waals surface area (Å²) in [4.78, 5) is 38.9. The Bertz CT molecular complexity index is 1050. The number of amides is 2. The van der Waals surface area contributed by atoms with Gasteiger partial charge in [0.25, 0.3) is 11.8 Å². The van der Waals surface area contributed by atoms with Gasteiger partial charge in [0, 0.05) is 0 Å². The van der Waals surface area contributed by atoms with Crippen LogP contribution in [0.15, 0.2) is 30.3 Å². The van der Waals surface area contributed by atoms with E-state index in [4.69, 9.17) is 32.7 Å². The van der Waals surface area contributed by atoms with Crippen LogP contribution in [-0.2, 0) is 16.0 Å². The van der Waals surface area contributed by atoms with Crippen molar-refractivity contribution in [2.45, 2.75) is 26.2 Å². The van der Waals surface area contributed by atoms with Gasteiger partial charge < -0.3 is 9.47 Å². The predicted molar refractivity (Wildman–Crippen MR) is 113 cm³/mol. The average Bonchev–Trinajstić information content (AvgIpc) is 3.48. The molecule has 2 aliphatic rings. The molecule has 0 radical (unpaired) electrons. The minimum atomic E-state index is -0.558. The molecule has 0 unspecified atom stereocenters. The van der Waals surface area contributed by atoms with Gasteiger partial charge in [-0.05, 0) is 55.5 Å². The van der Waals surface area contributed by atoms with Crippen LogP contribution in [0.25, 0.3) is 0 Å². The standard InChI is InChI=1S/C22H19Cl2NO5/c1-2-29-18(26)10-13-5-7-16(15(24)9-13)25-21(27)19-14(23)6-8-17(20(19)22(25)28)30-11-12-3-4-12/h5-9,12H,2-4,10-11H2,1H3. The maximum Gasteiger partial charge on any atom is 0.310 e. The second kappa shape index (κ2) is 8.28. The Morgan fingerprint density at radius 3 is 2.47 bits per heavy atom. The molecular formula is C22H19Cl2NO5. The van der Waals surface area contributed by atoms with Crippen molar-refractivity contribution in [2.75, 3.05) is 18.1 Å². The molecule has 2 aromatic rings. The number of hydrogen-bond acceptors (Lipinski definition) is 5. The van der Waals surface area contributed by atoms with Crippen molar-refractivity contribution in [3.05, 3.63) is 57.1 Å². The molecule has 1 saturated carbocycles. The molecule has 1 aliphatic carbocycles. The Morgan fingerprint density at radius 2 is 1.80 bits per heavy atom. The normalized spacial score (nSPS) is 15.4. The lowest BCUT2D eigenvalue weighted by Gasteiger charge is -2.16. The first kappa shape index (κ1) is 20.7. The molecule has 8 heteroatoms. The number of fused-ring (bicyclic) bond motifs is 1. The smallest absolute Gasteiger partial charge is 0.310 e. The fourth-order valence-electron chi connectivity index (χ4n) is 3.35. The van der Waals surface area contributed by atoms with Crippen LogP contribution in [0.1, 0.15) is 46.0 Å². The third-order valence-electron chi connectivity index (χ3n) is 5.03. The minimum absolute atomic E-state index is 0.0426. The van der Waals surface area contributed by atoms with E-state index in [1.54, 1.807) is 31.2 Å². The predicted octanol–water partition coefficient (Wildman–Crippen LogP) is 4.69. The van der Waals surface area contributed by atoms with Crippen molar-refractivity contribution in [3.63, 3.8) is 0 Å². The lowest BCUT2D eigenvalue weighted by Crippen LogP contribution is -2.29. The quantitative estimate of drug-likeness (QED) is 0.454. The van der Waals surface area contributed by atoms with E-state index < -0.39 is 11.8 Å². The van der Waals surface area contributed by atoms with E-state index >= 15 is 0 Å². The number of rotatable bonds is 7. The molecule has 1 aliphatic heterocycles. The van der Waals surface area contributed by atoms with Crippen LogP contribution >= 0.6 is 23.2 Å². The van der Waals surface area contributed by atoms with Crippen LogP contribution in [0.2, 0.25) is 10.0 Å². The van der Waals surface area contributed by atoms with Gasteiger partial charge in [0.15, 0.2) is 0 Å². The monoisotopic (exact) mass is 447 g/mol. The molecule has 156 valence electrons. The Kier molecular flexibility index (Phi) is 5.71. The highest BCUT2D eigenvalue weighted by atomic mass is 35.5. The lowest BCUT2D eigenvalue weighted by molar-refractivity contribution is -0.142. The molecule has 2 amide bonds. The molecule has 2 aromatic carbocycles. The van der Waals surface area contributed by atoms with Crippen molar-refractivity contribution in [3.8, 4) is 5.75 Å². The summed E-state index contributed by atoms with van der Waals surface area (Å²) < 4.78 is 10.7. The zero-order valence-corrected chi connectivity index (χ0v) is 17.8. The topological polar surface area (TPSA) is 72.9 Å². The molecule has 0 atom stereocenters. The molecule has 30 heavy (non-hydrogen) atoms. The van der Waals surface area contributed by atoms with E-state index in [0.717, 1.165) is 17.7 Å². The van der Waals surface area contributed by atoms with E-state index in [1.807, 2.05) is 0 Å². The van der Waals surface area contributed by atoms with Crippen LogP contribution in [0.5, 0.6) is 5.75 Å². The van der Waals surface area contributed by atoms with Gasteiger partial charge in [-0.3, -0.25) is 14.4 Å². The summed E-state index contributed by atoms with van der Waals surface area (Å²) in [5.41, 5.74) is 1.10. The maximum atomic E-state index is 13.2. The maximum absolute atomic E-state index is 13.2. The molecule has 1 heterocycles. The van der Waals surface area contributed by atoms with Gasteiger partial charge in [-0.15, -0.1) is 0 Å². The number of ether oxygens (including phenoxy) is 2. The second-order valence-corrected chi connectivity index (χ2v) is 8.08. The molecule has 4 rings (SSSR count). The van der Waals surface area contributed by atoms with E-state index in [2.05, 4.69) is 0 Å². The van der Waals surface area contributed by atoms with Gasteiger partial charge in [0.1, 0.15) is 5.75 Å². The SMILES string of the molecule is CCOC(=O)Cc1ccc(N2C(=O)c3c(Cl)ccc(OCC4CC4)c3C2=O)c(Cl)c1.